The molecule has 1 fully saturated rings. The third-order valence-electron chi connectivity index (χ3n) is 3.85. The molecule has 0 spiro atoms. The maximum Gasteiger partial charge on any atom is 0.279 e. The highest BCUT2D eigenvalue weighted by Gasteiger charge is 2.24. The van der Waals surface area contributed by atoms with E-state index < -0.39 is 0 Å². The Bertz CT molecular complexity index is 538. The molecule has 0 aromatic heterocycles. The zero-order chi connectivity index (χ0) is 14.5. The summed E-state index contributed by atoms with van der Waals surface area (Å²) in [7, 11) is 0. The number of carbonyl (C=O) groups is 1. The summed E-state index contributed by atoms with van der Waals surface area (Å²) in [6.07, 6.45) is 3.59. The highest BCUT2D eigenvalue weighted by Crippen LogP contribution is 2.20. The predicted molar refractivity (Wildman–Crippen MR) is 78.8 cm³/mol. The van der Waals surface area contributed by atoms with Crippen LogP contribution in [0.2, 0.25) is 5.02 Å². The van der Waals surface area contributed by atoms with E-state index in [9.17, 15) is 4.79 Å². The average molecular weight is 293 g/mol. The Labute approximate surface area is 124 Å². The minimum atomic E-state index is -0.0625. The Hall–Kier alpha value is -1.57. The molecular weight excluding hydrogens is 274 g/mol. The van der Waals surface area contributed by atoms with E-state index >= 15 is 0 Å². The van der Waals surface area contributed by atoms with Crippen molar-refractivity contribution in [3.63, 3.8) is 0 Å². The summed E-state index contributed by atoms with van der Waals surface area (Å²) in [6.45, 7) is 3.66. The van der Waals surface area contributed by atoms with Gasteiger partial charge in [-0.05, 0) is 44.4 Å². The lowest BCUT2D eigenvalue weighted by atomic mass is 10.0. The molecule has 5 heteroatoms. The number of quaternary nitrogens is 1. The number of hydrogen-bond acceptors (Lipinski definition) is 2. The number of halogens is 1. The third kappa shape index (κ3) is 3.72. The number of amides is 1. The molecule has 1 amide bonds. The molecule has 4 nitrogen and oxygen atoms in total. The lowest BCUT2D eigenvalue weighted by molar-refractivity contribution is -0.920. The van der Waals surface area contributed by atoms with Crippen molar-refractivity contribution in [2.24, 2.45) is 0 Å². The monoisotopic (exact) mass is 292 g/mol. The molecule has 1 saturated heterocycles. The van der Waals surface area contributed by atoms with Gasteiger partial charge in [-0.1, -0.05) is 11.6 Å². The van der Waals surface area contributed by atoms with Crippen LogP contribution in [0.5, 0.6) is 0 Å². The van der Waals surface area contributed by atoms with Crippen LogP contribution in [0.3, 0.4) is 0 Å². The number of nitrogens with one attached hydrogen (secondary N) is 2. The lowest BCUT2D eigenvalue weighted by Crippen LogP contribution is -3.17. The van der Waals surface area contributed by atoms with E-state index in [2.05, 4.69) is 18.3 Å². The first-order chi connectivity index (χ1) is 9.60. The molecule has 1 unspecified atom stereocenters. The van der Waals surface area contributed by atoms with Crippen LogP contribution in [-0.4, -0.2) is 25.0 Å². The van der Waals surface area contributed by atoms with Crippen LogP contribution in [0.15, 0.2) is 18.2 Å². The number of rotatable bonds is 3. The van der Waals surface area contributed by atoms with Gasteiger partial charge in [0.05, 0.1) is 23.8 Å². The van der Waals surface area contributed by atoms with Crippen molar-refractivity contribution >= 4 is 23.2 Å². The Morgan fingerprint density at radius 3 is 3.05 bits per heavy atom. The minimum Gasteiger partial charge on any atom is -0.325 e. The van der Waals surface area contributed by atoms with E-state index in [1.165, 1.54) is 24.2 Å². The Morgan fingerprint density at radius 2 is 2.35 bits per heavy atom. The van der Waals surface area contributed by atoms with E-state index in [1.54, 1.807) is 18.2 Å². The minimum absolute atomic E-state index is 0.0625. The van der Waals surface area contributed by atoms with Crippen LogP contribution in [0.1, 0.15) is 31.7 Å². The Kier molecular flexibility index (Phi) is 4.99. The first-order valence-electron chi connectivity index (χ1n) is 6.94. The molecule has 2 N–H and O–H groups in total. The lowest BCUT2D eigenvalue weighted by Gasteiger charge is -2.29. The zero-order valence-electron chi connectivity index (χ0n) is 11.6. The fraction of sp³-hybridized carbons (Fsp3) is 0.467. The molecule has 1 aliphatic rings. The van der Waals surface area contributed by atoms with Crippen LogP contribution >= 0.6 is 11.6 Å². The Balaban J connectivity index is 2.01. The second-order valence-corrected chi connectivity index (χ2v) is 5.77. The van der Waals surface area contributed by atoms with Crippen LogP contribution in [0, 0.1) is 11.3 Å². The molecule has 20 heavy (non-hydrogen) atoms. The average Bonchev–Trinajstić information content (AvgIpc) is 2.41. The van der Waals surface area contributed by atoms with Crippen molar-refractivity contribution in [3.8, 4) is 6.07 Å². The number of piperidine rings is 1. The largest absolute Gasteiger partial charge is 0.325 e. The smallest absolute Gasteiger partial charge is 0.279 e. The maximum absolute atomic E-state index is 12.1. The van der Waals surface area contributed by atoms with E-state index in [0.29, 0.717) is 28.9 Å². The summed E-state index contributed by atoms with van der Waals surface area (Å²) in [6, 6.07) is 7.46. The molecule has 2 rings (SSSR count). The number of hydrogen-bond donors (Lipinski definition) is 2. The number of nitriles is 1. The van der Waals surface area contributed by atoms with Crippen molar-refractivity contribution in [1.29, 1.82) is 5.26 Å². The second kappa shape index (κ2) is 6.74. The Morgan fingerprint density at radius 1 is 1.55 bits per heavy atom. The summed E-state index contributed by atoms with van der Waals surface area (Å²) >= 11 is 5.91. The topological polar surface area (TPSA) is 57.3 Å². The molecule has 1 aromatic carbocycles. The van der Waals surface area contributed by atoms with Gasteiger partial charge in [0.2, 0.25) is 0 Å². The summed E-state index contributed by atoms with van der Waals surface area (Å²) in [5, 5.41) is 12.4. The molecule has 2 atom stereocenters. The van der Waals surface area contributed by atoms with Crippen molar-refractivity contribution in [2.45, 2.75) is 32.2 Å². The number of benzene rings is 1. The SMILES string of the molecule is C[C@@H]1CCCC[NH+]1CC(=O)Nc1cc(Cl)ccc1C#N. The molecule has 1 aliphatic heterocycles. The zero-order valence-corrected chi connectivity index (χ0v) is 12.3. The van der Waals surface area contributed by atoms with Gasteiger partial charge in [0.1, 0.15) is 6.07 Å². The van der Waals surface area contributed by atoms with E-state index in [0.717, 1.165) is 6.54 Å². The summed E-state index contributed by atoms with van der Waals surface area (Å²) in [5.74, 6) is -0.0625. The molecule has 0 bridgehead atoms. The van der Waals surface area contributed by atoms with Gasteiger partial charge in [0.15, 0.2) is 6.54 Å². The molecule has 1 aromatic rings. The van der Waals surface area contributed by atoms with Crippen molar-refractivity contribution in [2.75, 3.05) is 18.4 Å². The van der Waals surface area contributed by atoms with E-state index in [1.807, 2.05) is 0 Å². The molecule has 0 radical (unpaired) electrons. The first kappa shape index (κ1) is 14.8. The van der Waals surface area contributed by atoms with Gasteiger partial charge in [0, 0.05) is 5.02 Å². The van der Waals surface area contributed by atoms with Crippen molar-refractivity contribution in [1.82, 2.24) is 0 Å². The molecule has 106 valence electrons. The van der Waals surface area contributed by atoms with Gasteiger partial charge < -0.3 is 10.2 Å². The molecule has 1 heterocycles. The van der Waals surface area contributed by atoms with Gasteiger partial charge in [-0.15, -0.1) is 0 Å². The fourth-order valence-electron chi connectivity index (χ4n) is 2.63. The van der Waals surface area contributed by atoms with Gasteiger partial charge in [-0.3, -0.25) is 4.79 Å². The van der Waals surface area contributed by atoms with E-state index in [4.69, 9.17) is 16.9 Å². The highest BCUT2D eigenvalue weighted by molar-refractivity contribution is 6.31. The van der Waals surface area contributed by atoms with Crippen LogP contribution in [0.4, 0.5) is 5.69 Å². The van der Waals surface area contributed by atoms with Crippen molar-refractivity contribution in [3.05, 3.63) is 28.8 Å². The number of anilines is 1. The van der Waals surface area contributed by atoms with E-state index in [-0.39, 0.29) is 5.91 Å². The van der Waals surface area contributed by atoms with Crippen LogP contribution in [-0.2, 0) is 4.79 Å². The summed E-state index contributed by atoms with van der Waals surface area (Å²) in [4.78, 5) is 13.4. The quantitative estimate of drug-likeness (QED) is 0.889. The van der Waals surface area contributed by atoms with Crippen LogP contribution < -0.4 is 10.2 Å². The molecule has 0 saturated carbocycles. The molecular formula is C15H19ClN3O+. The van der Waals surface area contributed by atoms with Gasteiger partial charge >= 0.3 is 0 Å². The maximum atomic E-state index is 12.1. The van der Waals surface area contributed by atoms with Crippen molar-refractivity contribution < 1.29 is 9.69 Å². The normalized spacial score (nSPS) is 22.1. The summed E-state index contributed by atoms with van der Waals surface area (Å²) < 4.78 is 0. The fourth-order valence-corrected chi connectivity index (χ4v) is 2.81. The standard InChI is InChI=1S/C15H18ClN3O/c1-11-4-2-3-7-19(11)10-15(20)18-14-8-13(16)6-5-12(14)9-17/h5-6,8,11H,2-4,7,10H2,1H3,(H,18,20)/p+1/t11-/m1/s1. The van der Waals surface area contributed by atoms with Gasteiger partial charge in [-0.25, -0.2) is 0 Å². The number of nitrogens with zero attached hydrogens (tertiary/aromatic N) is 1. The highest BCUT2D eigenvalue weighted by atomic mass is 35.5. The number of carbonyl (C=O) groups excluding carboxylic acids is 1. The van der Waals surface area contributed by atoms with Gasteiger partial charge in [-0.2, -0.15) is 5.26 Å². The molecule has 0 aliphatic carbocycles. The predicted octanol–water partition coefficient (Wildman–Crippen LogP) is 1.61. The summed E-state index contributed by atoms with van der Waals surface area (Å²) in [5.41, 5.74) is 0.929. The van der Waals surface area contributed by atoms with Gasteiger partial charge in [0.25, 0.3) is 5.91 Å². The third-order valence-corrected chi connectivity index (χ3v) is 4.08. The first-order valence-corrected chi connectivity index (χ1v) is 7.32. The second-order valence-electron chi connectivity index (χ2n) is 5.33. The van der Waals surface area contributed by atoms with Crippen LogP contribution in [0.25, 0.3) is 0 Å². The number of likely N-dealkylation sites (tertiary alicyclic amines) is 1.